The molecule has 0 saturated heterocycles. The highest BCUT2D eigenvalue weighted by Crippen LogP contribution is 2.29. The van der Waals surface area contributed by atoms with Crippen molar-refractivity contribution in [1.82, 2.24) is 5.32 Å². The van der Waals surface area contributed by atoms with E-state index in [1.54, 1.807) is 36.4 Å². The minimum Gasteiger partial charge on any atom is -0.467 e. The van der Waals surface area contributed by atoms with Crippen LogP contribution in [-0.4, -0.2) is 30.8 Å². The van der Waals surface area contributed by atoms with E-state index in [4.69, 9.17) is 4.74 Å². The fourth-order valence-electron chi connectivity index (χ4n) is 4.83. The summed E-state index contributed by atoms with van der Waals surface area (Å²) in [6, 6.07) is 21.7. The highest BCUT2D eigenvalue weighted by molar-refractivity contribution is 6.12. The number of esters is 1. The molecule has 1 atom stereocenters. The van der Waals surface area contributed by atoms with Crippen LogP contribution in [0.25, 0.3) is 0 Å². The van der Waals surface area contributed by atoms with Crippen molar-refractivity contribution in [1.29, 1.82) is 0 Å². The monoisotopic (exact) mass is 540 g/mol. The molecule has 8 heteroatoms. The van der Waals surface area contributed by atoms with Gasteiger partial charge >= 0.3 is 5.97 Å². The third kappa shape index (κ3) is 5.76. The number of aryl methyl sites for hydroxylation is 2. The van der Waals surface area contributed by atoms with E-state index >= 15 is 0 Å². The number of amides is 1. The molecule has 0 heterocycles. The molecule has 4 aromatic rings. The second-order valence-corrected chi connectivity index (χ2v) is 9.56. The fraction of sp³-hybridized carbons (Fsp3) is 0.156. The summed E-state index contributed by atoms with van der Waals surface area (Å²) in [5.41, 5.74) is 4.27. The number of nitrogens with one attached hydrogen (secondary N) is 2. The molecule has 40 heavy (non-hydrogen) atoms. The Morgan fingerprint density at radius 2 is 1.65 bits per heavy atom. The zero-order valence-corrected chi connectivity index (χ0v) is 21.7. The largest absolute Gasteiger partial charge is 0.467 e. The molecule has 6 nitrogen and oxygen atoms in total. The topological polar surface area (TPSA) is 84.5 Å². The van der Waals surface area contributed by atoms with Gasteiger partial charge in [-0.2, -0.15) is 0 Å². The second-order valence-electron chi connectivity index (χ2n) is 9.56. The lowest BCUT2D eigenvalue weighted by Crippen LogP contribution is -2.43. The lowest BCUT2D eigenvalue weighted by molar-refractivity contribution is -0.142. The van der Waals surface area contributed by atoms with Gasteiger partial charge in [0.05, 0.1) is 12.8 Å². The van der Waals surface area contributed by atoms with Gasteiger partial charge in [0.25, 0.3) is 5.91 Å². The van der Waals surface area contributed by atoms with E-state index in [0.717, 1.165) is 28.8 Å². The number of ether oxygens (including phenoxy) is 1. The third-order valence-electron chi connectivity index (χ3n) is 6.91. The standard InChI is InChI=1S/C32H26F2N2O4/c1-40-32(39)29(15-19-5-3-2-4-6-19)36-31(38)22-10-8-20-7-9-21-16-24(12-13-25(21)30(37)26(20)17-22)35-28-14-11-23(33)18-27(28)34/h2-6,8,10-14,16-18,29,35H,7,9,15H2,1H3,(H,36,38)/t29-/m0/s1. The number of rotatable bonds is 7. The number of fused-ring (bicyclic) bond motifs is 2. The Balaban J connectivity index is 1.37. The molecule has 1 aliphatic rings. The van der Waals surface area contributed by atoms with Gasteiger partial charge in [0.1, 0.15) is 17.7 Å². The Morgan fingerprint density at radius 1 is 0.875 bits per heavy atom. The molecule has 0 saturated carbocycles. The summed E-state index contributed by atoms with van der Waals surface area (Å²) >= 11 is 0. The van der Waals surface area contributed by atoms with Crippen molar-refractivity contribution in [3.63, 3.8) is 0 Å². The van der Waals surface area contributed by atoms with Gasteiger partial charge in [0, 0.05) is 34.9 Å². The quantitative estimate of drug-likeness (QED) is 0.300. The smallest absolute Gasteiger partial charge is 0.328 e. The molecule has 5 rings (SSSR count). The molecular weight excluding hydrogens is 514 g/mol. The zero-order valence-electron chi connectivity index (χ0n) is 21.7. The van der Waals surface area contributed by atoms with Crippen molar-refractivity contribution in [2.75, 3.05) is 12.4 Å². The molecule has 0 aromatic heterocycles. The number of carbonyl (C=O) groups excluding carboxylic acids is 3. The maximum Gasteiger partial charge on any atom is 0.328 e. The average molecular weight is 541 g/mol. The van der Waals surface area contributed by atoms with Gasteiger partial charge in [-0.1, -0.05) is 36.4 Å². The Kier molecular flexibility index (Phi) is 7.68. The van der Waals surface area contributed by atoms with Crippen molar-refractivity contribution in [2.24, 2.45) is 0 Å². The van der Waals surface area contributed by atoms with Crippen LogP contribution in [0.5, 0.6) is 0 Å². The van der Waals surface area contributed by atoms with Crippen molar-refractivity contribution in [2.45, 2.75) is 25.3 Å². The van der Waals surface area contributed by atoms with E-state index in [1.165, 1.54) is 13.2 Å². The predicted octanol–water partition coefficient (Wildman–Crippen LogP) is 5.55. The van der Waals surface area contributed by atoms with Crippen molar-refractivity contribution in [3.05, 3.63) is 130 Å². The van der Waals surface area contributed by atoms with Crippen LogP contribution in [0.15, 0.2) is 84.9 Å². The lowest BCUT2D eigenvalue weighted by Gasteiger charge is -2.17. The Labute approximate surface area is 230 Å². The molecule has 4 aromatic carbocycles. The van der Waals surface area contributed by atoms with E-state index in [9.17, 15) is 23.2 Å². The van der Waals surface area contributed by atoms with Crippen LogP contribution in [0.2, 0.25) is 0 Å². The number of hydrogen-bond acceptors (Lipinski definition) is 5. The minimum absolute atomic E-state index is 0.123. The fourth-order valence-corrected chi connectivity index (χ4v) is 4.83. The number of halogens is 2. The van der Waals surface area contributed by atoms with Gasteiger partial charge in [-0.15, -0.1) is 0 Å². The highest BCUT2D eigenvalue weighted by atomic mass is 19.1. The number of ketones is 1. The summed E-state index contributed by atoms with van der Waals surface area (Å²) in [6.07, 6.45) is 1.38. The maximum absolute atomic E-state index is 14.1. The molecule has 202 valence electrons. The van der Waals surface area contributed by atoms with Crippen LogP contribution >= 0.6 is 0 Å². The first-order chi connectivity index (χ1) is 19.3. The number of methoxy groups -OCH3 is 1. The van der Waals surface area contributed by atoms with Crippen LogP contribution < -0.4 is 10.6 Å². The van der Waals surface area contributed by atoms with Gasteiger partial charge in [0.2, 0.25) is 0 Å². The van der Waals surface area contributed by atoms with Crippen molar-refractivity contribution >= 4 is 29.0 Å². The van der Waals surface area contributed by atoms with E-state index in [0.29, 0.717) is 29.7 Å². The molecular formula is C32H26F2N2O4. The lowest BCUT2D eigenvalue weighted by atomic mass is 9.96. The number of hydrogen-bond donors (Lipinski definition) is 2. The molecule has 0 aliphatic heterocycles. The normalized spacial score (nSPS) is 12.9. The van der Waals surface area contributed by atoms with Crippen LogP contribution in [-0.2, 0) is 28.8 Å². The molecule has 2 N–H and O–H groups in total. The zero-order chi connectivity index (χ0) is 28.2. The Hall–Kier alpha value is -4.85. The van der Waals surface area contributed by atoms with E-state index in [1.807, 2.05) is 30.3 Å². The maximum atomic E-state index is 14.1. The minimum atomic E-state index is -0.896. The molecule has 1 aliphatic carbocycles. The van der Waals surface area contributed by atoms with Gasteiger partial charge in [-0.3, -0.25) is 9.59 Å². The van der Waals surface area contributed by atoms with Crippen LogP contribution in [0, 0.1) is 11.6 Å². The summed E-state index contributed by atoms with van der Waals surface area (Å²) in [4.78, 5) is 39.1. The second kappa shape index (κ2) is 11.5. The molecule has 0 radical (unpaired) electrons. The first-order valence-corrected chi connectivity index (χ1v) is 12.8. The molecule has 0 fully saturated rings. The number of carbonyl (C=O) groups is 3. The predicted molar refractivity (Wildman–Crippen MR) is 147 cm³/mol. The average Bonchev–Trinajstić information content (AvgIpc) is 3.10. The van der Waals surface area contributed by atoms with Gasteiger partial charge < -0.3 is 15.4 Å². The summed E-state index contributed by atoms with van der Waals surface area (Å²) in [5.74, 6) is -2.68. The first-order valence-electron chi connectivity index (χ1n) is 12.8. The van der Waals surface area contributed by atoms with Gasteiger partial charge in [-0.25, -0.2) is 13.6 Å². The van der Waals surface area contributed by atoms with Crippen LogP contribution in [0.3, 0.4) is 0 Å². The van der Waals surface area contributed by atoms with Crippen LogP contribution in [0.4, 0.5) is 20.2 Å². The van der Waals surface area contributed by atoms with E-state index in [-0.39, 0.29) is 23.5 Å². The van der Waals surface area contributed by atoms with E-state index < -0.39 is 29.6 Å². The van der Waals surface area contributed by atoms with Crippen LogP contribution in [0.1, 0.15) is 43.0 Å². The molecule has 0 spiro atoms. The van der Waals surface area contributed by atoms with Gasteiger partial charge in [-0.05, 0) is 72.0 Å². The highest BCUT2D eigenvalue weighted by Gasteiger charge is 2.26. The molecule has 0 unspecified atom stereocenters. The van der Waals surface area contributed by atoms with Gasteiger partial charge in [0.15, 0.2) is 5.78 Å². The Morgan fingerprint density at radius 3 is 2.40 bits per heavy atom. The van der Waals surface area contributed by atoms with Crippen molar-refractivity contribution in [3.8, 4) is 0 Å². The summed E-state index contributed by atoms with van der Waals surface area (Å²) in [7, 11) is 1.27. The van der Waals surface area contributed by atoms with E-state index in [2.05, 4.69) is 10.6 Å². The molecule has 0 bridgehead atoms. The third-order valence-corrected chi connectivity index (χ3v) is 6.91. The number of anilines is 2. The summed E-state index contributed by atoms with van der Waals surface area (Å²) in [6.45, 7) is 0. The summed E-state index contributed by atoms with van der Waals surface area (Å²) < 4.78 is 32.3. The Bertz CT molecular complexity index is 1600. The molecule has 1 amide bonds. The first kappa shape index (κ1) is 26.7. The summed E-state index contributed by atoms with van der Waals surface area (Å²) in [5, 5.41) is 5.68. The number of benzene rings is 4. The SMILES string of the molecule is COC(=O)[C@H](Cc1ccccc1)NC(=O)c1ccc2c(c1)C(=O)c1ccc(Nc3ccc(F)cc3F)cc1CC2. The van der Waals surface area contributed by atoms with Crippen molar-refractivity contribution < 1.29 is 27.9 Å².